The molecule has 0 aromatic heterocycles. The zero-order valence-corrected chi connectivity index (χ0v) is 27.9. The van der Waals surface area contributed by atoms with Gasteiger partial charge in [-0.3, -0.25) is 19.3 Å². The molecule has 1 N–H and O–H groups in total. The van der Waals surface area contributed by atoms with E-state index in [0.29, 0.717) is 23.8 Å². The molecule has 3 heterocycles. The Bertz CT molecular complexity index is 763. The van der Waals surface area contributed by atoms with Crippen LogP contribution in [0.1, 0.15) is 82.6 Å². The average Bonchev–Trinajstić information content (AvgIpc) is 3.45. The number of nitrogens with one attached hydrogen (secondary N) is 1. The summed E-state index contributed by atoms with van der Waals surface area (Å²) in [6.45, 7) is 30.7. The van der Waals surface area contributed by atoms with E-state index in [1.165, 1.54) is 5.71 Å². The lowest BCUT2D eigenvalue weighted by Gasteiger charge is -2.37. The SMILES string of the molecule is CC(=O)C(C)C.CC(C)C(=O)N1CCN(C(C)C)CC1.CC(C)C(=O)N1CCN(C)CC1.CC(C)C1=NNCC1. The Morgan fingerprint density at radius 2 is 1.07 bits per heavy atom. The molecule has 3 rings (SSSR count). The number of Topliss-reactive ketones (excluding diaryl/α,β-unsaturated/α-hetero) is 1. The van der Waals surface area contributed by atoms with Crippen molar-refractivity contribution in [1.29, 1.82) is 0 Å². The van der Waals surface area contributed by atoms with Crippen LogP contribution < -0.4 is 5.43 Å². The van der Waals surface area contributed by atoms with Crippen LogP contribution in [0.3, 0.4) is 0 Å². The van der Waals surface area contributed by atoms with Crippen LogP contribution in [0.5, 0.6) is 0 Å². The van der Waals surface area contributed by atoms with Gasteiger partial charge in [0.25, 0.3) is 0 Å². The molecule has 0 spiro atoms. The Labute approximate surface area is 246 Å². The Kier molecular flexibility index (Phi) is 19.0. The molecule has 40 heavy (non-hydrogen) atoms. The van der Waals surface area contributed by atoms with E-state index in [9.17, 15) is 14.4 Å². The number of nitrogens with zero attached hydrogens (tertiary/aromatic N) is 5. The van der Waals surface area contributed by atoms with Gasteiger partial charge >= 0.3 is 0 Å². The van der Waals surface area contributed by atoms with E-state index in [-0.39, 0.29) is 23.5 Å². The normalized spacial score (nSPS) is 18.0. The first-order chi connectivity index (χ1) is 18.6. The molecule has 3 aliphatic rings. The summed E-state index contributed by atoms with van der Waals surface area (Å²) in [7, 11) is 2.09. The summed E-state index contributed by atoms with van der Waals surface area (Å²) in [6, 6.07) is 0.603. The first kappa shape index (κ1) is 38.0. The first-order valence-electron chi connectivity index (χ1n) is 15.4. The fraction of sp³-hybridized carbons (Fsp3) is 0.871. The van der Waals surface area contributed by atoms with Crippen LogP contribution in [-0.4, -0.2) is 115 Å². The van der Waals surface area contributed by atoms with Crippen molar-refractivity contribution in [3.8, 4) is 0 Å². The second kappa shape index (κ2) is 20.0. The fourth-order valence-corrected chi connectivity index (χ4v) is 4.03. The van der Waals surface area contributed by atoms with Gasteiger partial charge < -0.3 is 20.1 Å². The van der Waals surface area contributed by atoms with Gasteiger partial charge in [0.15, 0.2) is 0 Å². The molecule has 0 saturated carbocycles. The molecule has 0 aliphatic carbocycles. The summed E-state index contributed by atoms with van der Waals surface area (Å²) in [5.41, 5.74) is 4.25. The van der Waals surface area contributed by atoms with Crippen molar-refractivity contribution in [3.63, 3.8) is 0 Å². The molecule has 2 saturated heterocycles. The Morgan fingerprint density at radius 3 is 1.32 bits per heavy atom. The minimum absolute atomic E-state index is 0.139. The van der Waals surface area contributed by atoms with Crippen LogP contribution in [0.25, 0.3) is 0 Å². The summed E-state index contributed by atoms with van der Waals surface area (Å²) < 4.78 is 0. The molecule has 0 aromatic rings. The van der Waals surface area contributed by atoms with E-state index in [4.69, 9.17) is 0 Å². The largest absolute Gasteiger partial charge is 0.340 e. The van der Waals surface area contributed by atoms with E-state index >= 15 is 0 Å². The minimum atomic E-state index is 0.139. The molecule has 3 aliphatic heterocycles. The maximum atomic E-state index is 11.7. The second-order valence-electron chi connectivity index (χ2n) is 12.6. The number of piperazine rings is 2. The molecule has 2 fully saturated rings. The zero-order valence-electron chi connectivity index (χ0n) is 27.9. The van der Waals surface area contributed by atoms with E-state index in [1.807, 2.05) is 51.3 Å². The van der Waals surface area contributed by atoms with Gasteiger partial charge in [-0.1, -0.05) is 55.4 Å². The van der Waals surface area contributed by atoms with Crippen molar-refractivity contribution >= 4 is 23.3 Å². The molecular weight excluding hydrogens is 504 g/mol. The van der Waals surface area contributed by atoms with Gasteiger partial charge in [0.05, 0.1) is 0 Å². The van der Waals surface area contributed by atoms with Gasteiger partial charge in [-0.05, 0) is 33.7 Å². The lowest BCUT2D eigenvalue weighted by Crippen LogP contribution is -2.51. The van der Waals surface area contributed by atoms with Gasteiger partial charge in [0, 0.05) is 94.8 Å². The Balaban J connectivity index is 0.000000532. The number of amides is 2. The van der Waals surface area contributed by atoms with Crippen LogP contribution in [0.4, 0.5) is 0 Å². The number of ketones is 1. The quantitative estimate of drug-likeness (QED) is 0.544. The number of hydrogen-bond acceptors (Lipinski definition) is 7. The van der Waals surface area contributed by atoms with Crippen molar-refractivity contribution in [2.24, 2.45) is 28.8 Å². The standard InChI is InChI=1S/C11H22N2O.C9H18N2O.C6H12N2.C5H10O/c1-9(2)11(14)13-7-5-12(6-8-13)10(3)4;1-8(2)9(12)11-6-4-10(3)5-7-11;1-5(2)6-3-4-7-8-6;1-4(2)5(3)6/h9-10H,5-8H2,1-4H3;8H,4-7H2,1-3H3;5,7H,3-4H2,1-2H3;4H,1-3H3. The van der Waals surface area contributed by atoms with Gasteiger partial charge in [0.2, 0.25) is 11.8 Å². The Hall–Kier alpha value is -2.00. The van der Waals surface area contributed by atoms with E-state index < -0.39 is 0 Å². The van der Waals surface area contributed by atoms with Gasteiger partial charge in [-0.2, -0.15) is 5.10 Å². The maximum Gasteiger partial charge on any atom is 0.225 e. The first-order valence-corrected chi connectivity index (χ1v) is 15.4. The van der Waals surface area contributed by atoms with Crippen molar-refractivity contribution in [3.05, 3.63) is 0 Å². The average molecular weight is 567 g/mol. The number of rotatable bonds is 5. The van der Waals surface area contributed by atoms with Crippen LogP contribution in [0, 0.1) is 23.7 Å². The highest BCUT2D eigenvalue weighted by Gasteiger charge is 2.23. The maximum absolute atomic E-state index is 11.7. The molecule has 9 nitrogen and oxygen atoms in total. The topological polar surface area (TPSA) is 88.6 Å². The summed E-state index contributed by atoms with van der Waals surface area (Å²) in [4.78, 5) is 42.0. The third-order valence-electron chi connectivity index (χ3n) is 7.35. The minimum Gasteiger partial charge on any atom is -0.340 e. The summed E-state index contributed by atoms with van der Waals surface area (Å²) in [5.74, 6) is 1.98. The van der Waals surface area contributed by atoms with Crippen LogP contribution >= 0.6 is 0 Å². The molecular formula is C31H62N6O3. The molecule has 9 heteroatoms. The van der Waals surface area contributed by atoms with Crippen molar-refractivity contribution in [1.82, 2.24) is 25.0 Å². The van der Waals surface area contributed by atoms with E-state index in [0.717, 1.165) is 65.3 Å². The van der Waals surface area contributed by atoms with Crippen LogP contribution in [0.2, 0.25) is 0 Å². The van der Waals surface area contributed by atoms with E-state index in [1.54, 1.807) is 6.92 Å². The van der Waals surface area contributed by atoms with Crippen LogP contribution in [-0.2, 0) is 14.4 Å². The second-order valence-corrected chi connectivity index (χ2v) is 12.6. The van der Waals surface area contributed by atoms with Gasteiger partial charge in [0.1, 0.15) is 5.78 Å². The number of carbonyl (C=O) groups is 3. The number of likely N-dealkylation sites (N-methyl/N-ethyl adjacent to an activating group) is 1. The monoisotopic (exact) mass is 566 g/mol. The highest BCUT2D eigenvalue weighted by molar-refractivity contribution is 5.87. The summed E-state index contributed by atoms with van der Waals surface area (Å²) >= 11 is 0. The molecule has 0 unspecified atom stereocenters. The fourth-order valence-electron chi connectivity index (χ4n) is 4.03. The molecule has 2 amide bonds. The smallest absolute Gasteiger partial charge is 0.225 e. The third-order valence-corrected chi connectivity index (χ3v) is 7.35. The third kappa shape index (κ3) is 15.7. The zero-order chi connectivity index (χ0) is 31.0. The summed E-state index contributed by atoms with van der Waals surface area (Å²) in [5, 5.41) is 4.10. The highest BCUT2D eigenvalue weighted by atomic mass is 16.2. The molecule has 0 bridgehead atoms. The van der Waals surface area contributed by atoms with Crippen molar-refractivity contribution in [2.45, 2.75) is 88.6 Å². The number of hydrogen-bond donors (Lipinski definition) is 1. The predicted octanol–water partition coefficient (Wildman–Crippen LogP) is 3.83. The van der Waals surface area contributed by atoms with Crippen molar-refractivity contribution < 1.29 is 14.4 Å². The highest BCUT2D eigenvalue weighted by Crippen LogP contribution is 2.09. The van der Waals surface area contributed by atoms with E-state index in [2.05, 4.69) is 55.1 Å². The molecule has 234 valence electrons. The number of hydrazone groups is 1. The predicted molar refractivity (Wildman–Crippen MR) is 167 cm³/mol. The van der Waals surface area contributed by atoms with Gasteiger partial charge in [-0.15, -0.1) is 0 Å². The molecule has 0 radical (unpaired) electrons. The van der Waals surface area contributed by atoms with Gasteiger partial charge in [-0.25, -0.2) is 0 Å². The van der Waals surface area contributed by atoms with Crippen LogP contribution in [0.15, 0.2) is 5.10 Å². The summed E-state index contributed by atoms with van der Waals surface area (Å²) in [6.07, 6.45) is 1.14. The molecule has 0 atom stereocenters. The lowest BCUT2D eigenvalue weighted by molar-refractivity contribution is -0.137. The Morgan fingerprint density at radius 1 is 0.675 bits per heavy atom. The molecule has 0 aromatic carbocycles. The number of carbonyl (C=O) groups excluding carboxylic acids is 3. The lowest BCUT2D eigenvalue weighted by atomic mass is 10.1. The van der Waals surface area contributed by atoms with Crippen molar-refractivity contribution in [2.75, 3.05) is 66.0 Å².